The highest BCUT2D eigenvalue weighted by Gasteiger charge is 2.20. The molecule has 0 unspecified atom stereocenters. The summed E-state index contributed by atoms with van der Waals surface area (Å²) in [6, 6.07) is 24.6. The van der Waals surface area contributed by atoms with Crippen LogP contribution in [0.15, 0.2) is 66.7 Å². The van der Waals surface area contributed by atoms with Crippen molar-refractivity contribution in [2.45, 2.75) is 65.6 Å². The highest BCUT2D eigenvalue weighted by molar-refractivity contribution is 5.37. The number of aryl methyl sites for hydroxylation is 3. The van der Waals surface area contributed by atoms with Crippen molar-refractivity contribution in [1.29, 1.82) is 0 Å². The number of nitrogens with zero attached hydrogens (tertiary/aromatic N) is 2. The first-order valence-corrected chi connectivity index (χ1v) is 13.9. The Kier molecular flexibility index (Phi) is 8.40. The maximum absolute atomic E-state index is 6.29. The van der Waals surface area contributed by atoms with Crippen LogP contribution in [-0.2, 0) is 26.1 Å². The minimum atomic E-state index is 0.782. The Morgan fingerprint density at radius 3 is 2.50 bits per heavy atom. The lowest BCUT2D eigenvalue weighted by atomic mass is 9.93. The summed E-state index contributed by atoms with van der Waals surface area (Å²) in [4.78, 5) is 5.21. The molecule has 3 aromatic carbocycles. The Bertz CT molecular complexity index is 1130. The zero-order chi connectivity index (χ0) is 24.7. The Morgan fingerprint density at radius 2 is 1.67 bits per heavy atom. The third-order valence-electron chi connectivity index (χ3n) is 8.14. The van der Waals surface area contributed by atoms with E-state index >= 15 is 0 Å². The first-order valence-electron chi connectivity index (χ1n) is 13.9. The molecule has 0 spiro atoms. The minimum Gasteiger partial charge on any atom is -0.494 e. The van der Waals surface area contributed by atoms with Crippen molar-refractivity contribution in [2.75, 3.05) is 26.2 Å². The maximum Gasteiger partial charge on any atom is 0.119 e. The normalized spacial score (nSPS) is 17.5. The van der Waals surface area contributed by atoms with Gasteiger partial charge in [0.25, 0.3) is 0 Å². The van der Waals surface area contributed by atoms with Crippen LogP contribution in [0.5, 0.6) is 5.75 Å². The molecule has 3 heteroatoms. The van der Waals surface area contributed by atoms with E-state index in [0.29, 0.717) is 0 Å². The molecule has 36 heavy (non-hydrogen) atoms. The number of hydrogen-bond donors (Lipinski definition) is 0. The zero-order valence-corrected chi connectivity index (χ0v) is 22.2. The summed E-state index contributed by atoms with van der Waals surface area (Å²) in [5.41, 5.74) is 8.57. The van der Waals surface area contributed by atoms with Gasteiger partial charge in [0.15, 0.2) is 0 Å². The van der Waals surface area contributed by atoms with Gasteiger partial charge in [0.2, 0.25) is 0 Å². The van der Waals surface area contributed by atoms with Crippen LogP contribution in [0.2, 0.25) is 0 Å². The van der Waals surface area contributed by atoms with Gasteiger partial charge in [0.05, 0.1) is 6.61 Å². The number of likely N-dealkylation sites (tertiary alicyclic amines) is 1. The Morgan fingerprint density at radius 1 is 0.806 bits per heavy atom. The quantitative estimate of drug-likeness (QED) is 0.346. The van der Waals surface area contributed by atoms with E-state index in [0.717, 1.165) is 50.9 Å². The summed E-state index contributed by atoms with van der Waals surface area (Å²) in [6.45, 7) is 11.9. The molecule has 0 atom stereocenters. The van der Waals surface area contributed by atoms with Gasteiger partial charge in [-0.3, -0.25) is 9.80 Å². The van der Waals surface area contributed by atoms with Gasteiger partial charge < -0.3 is 4.74 Å². The number of benzene rings is 3. The van der Waals surface area contributed by atoms with E-state index in [1.807, 2.05) is 0 Å². The van der Waals surface area contributed by atoms with Crippen LogP contribution in [0.25, 0.3) is 0 Å². The highest BCUT2D eigenvalue weighted by atomic mass is 16.5. The van der Waals surface area contributed by atoms with Crippen molar-refractivity contribution in [1.82, 2.24) is 9.80 Å². The predicted molar refractivity (Wildman–Crippen MR) is 149 cm³/mol. The van der Waals surface area contributed by atoms with E-state index in [-0.39, 0.29) is 0 Å². The largest absolute Gasteiger partial charge is 0.494 e. The SMILES string of the molecule is Cc1cccc(CN2CCC(CCOc3ccc4c(c3)CN(Cc3ccccc3C)CCC4)CC2)c1. The Hall–Kier alpha value is -2.62. The molecule has 1 fully saturated rings. The van der Waals surface area contributed by atoms with Crippen LogP contribution in [0, 0.1) is 19.8 Å². The molecule has 2 heterocycles. The van der Waals surface area contributed by atoms with Gasteiger partial charge in [-0.2, -0.15) is 0 Å². The van der Waals surface area contributed by atoms with Crippen molar-refractivity contribution in [2.24, 2.45) is 5.92 Å². The molecule has 0 saturated carbocycles. The molecule has 0 bridgehead atoms. The monoisotopic (exact) mass is 482 g/mol. The molecular weight excluding hydrogens is 440 g/mol. The second-order valence-electron chi connectivity index (χ2n) is 11.0. The van der Waals surface area contributed by atoms with Crippen LogP contribution in [0.4, 0.5) is 0 Å². The van der Waals surface area contributed by atoms with Crippen molar-refractivity contribution in [3.05, 3.63) is 100 Å². The molecule has 190 valence electrons. The molecule has 1 saturated heterocycles. The first-order chi connectivity index (χ1) is 17.6. The fourth-order valence-corrected chi connectivity index (χ4v) is 5.90. The molecule has 0 aromatic heterocycles. The molecular formula is C33H42N2O. The standard InChI is InChI=1S/C33H42N2O/c1-26-7-5-9-29(21-26)23-34-18-14-28(15-19-34)16-20-36-33-13-12-30-11-6-17-35(25-32(30)22-33)24-31-10-4-3-8-27(31)2/h3-5,7-10,12-13,21-22,28H,6,11,14-20,23-25H2,1-2H3. The molecule has 0 aliphatic carbocycles. The van der Waals surface area contributed by atoms with Crippen molar-refractivity contribution < 1.29 is 4.74 Å². The van der Waals surface area contributed by atoms with Crippen LogP contribution in [-0.4, -0.2) is 36.0 Å². The number of fused-ring (bicyclic) bond motifs is 1. The molecule has 0 N–H and O–H groups in total. The van der Waals surface area contributed by atoms with Crippen LogP contribution in [0.3, 0.4) is 0 Å². The maximum atomic E-state index is 6.29. The molecule has 0 radical (unpaired) electrons. The van der Waals surface area contributed by atoms with E-state index in [9.17, 15) is 0 Å². The summed E-state index contributed by atoms with van der Waals surface area (Å²) in [7, 11) is 0. The topological polar surface area (TPSA) is 15.7 Å². The molecule has 0 amide bonds. The van der Waals surface area contributed by atoms with Gasteiger partial charge >= 0.3 is 0 Å². The molecule has 2 aliphatic heterocycles. The molecule has 3 nitrogen and oxygen atoms in total. The lowest BCUT2D eigenvalue weighted by molar-refractivity contribution is 0.157. The van der Waals surface area contributed by atoms with Gasteiger partial charge in [0.1, 0.15) is 5.75 Å². The third-order valence-corrected chi connectivity index (χ3v) is 8.14. The Labute approximate surface area is 218 Å². The van der Waals surface area contributed by atoms with E-state index < -0.39 is 0 Å². The zero-order valence-electron chi connectivity index (χ0n) is 22.2. The second kappa shape index (κ2) is 12.1. The average molecular weight is 483 g/mol. The van der Waals surface area contributed by atoms with E-state index in [2.05, 4.69) is 90.4 Å². The van der Waals surface area contributed by atoms with Gasteiger partial charge in [-0.15, -0.1) is 0 Å². The van der Waals surface area contributed by atoms with Crippen LogP contribution in [0.1, 0.15) is 59.1 Å². The summed E-state index contributed by atoms with van der Waals surface area (Å²) >= 11 is 0. The predicted octanol–water partition coefficient (Wildman–Crippen LogP) is 6.93. The summed E-state index contributed by atoms with van der Waals surface area (Å²) in [5, 5.41) is 0. The smallest absolute Gasteiger partial charge is 0.119 e. The third kappa shape index (κ3) is 6.78. The van der Waals surface area contributed by atoms with Gasteiger partial charge in [-0.25, -0.2) is 0 Å². The fraction of sp³-hybridized carbons (Fsp3) is 0.455. The summed E-state index contributed by atoms with van der Waals surface area (Å²) in [5.74, 6) is 1.83. The number of hydrogen-bond acceptors (Lipinski definition) is 3. The average Bonchev–Trinajstić information content (AvgIpc) is 3.08. The minimum absolute atomic E-state index is 0.782. The number of rotatable bonds is 8. The summed E-state index contributed by atoms with van der Waals surface area (Å²) < 4.78 is 6.29. The van der Waals surface area contributed by atoms with E-state index in [4.69, 9.17) is 4.74 Å². The van der Waals surface area contributed by atoms with Crippen molar-refractivity contribution in [3.63, 3.8) is 0 Å². The molecule has 2 aliphatic rings. The molecule has 5 rings (SSSR count). The van der Waals surface area contributed by atoms with Gasteiger partial charge in [-0.1, -0.05) is 60.2 Å². The molecule has 3 aromatic rings. The fourth-order valence-electron chi connectivity index (χ4n) is 5.90. The Balaban J connectivity index is 1.09. The van der Waals surface area contributed by atoms with Crippen molar-refractivity contribution >= 4 is 0 Å². The van der Waals surface area contributed by atoms with Crippen LogP contribution >= 0.6 is 0 Å². The summed E-state index contributed by atoms with van der Waals surface area (Å²) in [6.07, 6.45) is 6.12. The second-order valence-corrected chi connectivity index (χ2v) is 11.0. The first kappa shape index (κ1) is 25.0. The van der Waals surface area contributed by atoms with E-state index in [1.165, 1.54) is 72.2 Å². The highest BCUT2D eigenvalue weighted by Crippen LogP contribution is 2.27. The van der Waals surface area contributed by atoms with Gasteiger partial charge in [0, 0.05) is 19.6 Å². The number of ether oxygens (including phenoxy) is 1. The van der Waals surface area contributed by atoms with Gasteiger partial charge in [-0.05, 0) is 111 Å². The van der Waals surface area contributed by atoms with Crippen LogP contribution < -0.4 is 4.74 Å². The number of piperidine rings is 1. The van der Waals surface area contributed by atoms with E-state index in [1.54, 1.807) is 0 Å². The lowest BCUT2D eigenvalue weighted by Crippen LogP contribution is -2.33. The van der Waals surface area contributed by atoms with Crippen molar-refractivity contribution in [3.8, 4) is 5.75 Å². The lowest BCUT2D eigenvalue weighted by Gasteiger charge is -2.32.